The molecule has 1 aliphatic rings. The number of urea groups is 1. The van der Waals surface area contributed by atoms with Crippen LogP contribution < -0.4 is 5.32 Å². The van der Waals surface area contributed by atoms with Crippen molar-refractivity contribution in [2.45, 2.75) is 31.6 Å². The first kappa shape index (κ1) is 22.3. The van der Waals surface area contributed by atoms with Gasteiger partial charge in [-0.3, -0.25) is 0 Å². The number of carbonyl (C=O) groups excluding carboxylic acids is 1. The van der Waals surface area contributed by atoms with E-state index in [4.69, 9.17) is 0 Å². The summed E-state index contributed by atoms with van der Waals surface area (Å²) in [4.78, 5) is 19.5. The molecule has 2 heterocycles. The molecule has 1 N–H and O–H groups in total. The van der Waals surface area contributed by atoms with Gasteiger partial charge >= 0.3 is 12.2 Å². The van der Waals surface area contributed by atoms with E-state index in [-0.39, 0.29) is 31.6 Å². The van der Waals surface area contributed by atoms with Gasteiger partial charge in [0.25, 0.3) is 0 Å². The third kappa shape index (κ3) is 4.62. The molecule has 0 spiro atoms. The molecule has 1 fully saturated rings. The van der Waals surface area contributed by atoms with E-state index in [1.54, 1.807) is 0 Å². The molecule has 0 saturated carbocycles. The number of anilines is 1. The minimum Gasteiger partial charge on any atom is -0.324 e. The van der Waals surface area contributed by atoms with Gasteiger partial charge in [-0.2, -0.15) is 13.2 Å². The van der Waals surface area contributed by atoms with Crippen molar-refractivity contribution in [1.29, 1.82) is 0 Å². The lowest BCUT2D eigenvalue weighted by Gasteiger charge is -2.35. The molecule has 2 aromatic carbocycles. The molecule has 0 radical (unpaired) electrons. The quantitative estimate of drug-likeness (QED) is 0.443. The van der Waals surface area contributed by atoms with Crippen LogP contribution in [-0.4, -0.2) is 29.0 Å². The lowest BCUT2D eigenvalue weighted by atomic mass is 9.94. The maximum absolute atomic E-state index is 15.7. The SMILES string of the molecule is Cc1sc(C2(F)CCN(C(=O)Nc3ccc(C(F)(F)F)cc3)CC2)nc1-c1ccccc1. The maximum Gasteiger partial charge on any atom is 0.416 e. The molecule has 32 heavy (non-hydrogen) atoms. The number of nitrogens with zero attached hydrogens (tertiary/aromatic N) is 2. The number of alkyl halides is 4. The summed E-state index contributed by atoms with van der Waals surface area (Å²) in [7, 11) is 0. The number of hydrogen-bond acceptors (Lipinski definition) is 3. The molecule has 0 aliphatic carbocycles. The second-order valence-electron chi connectivity index (χ2n) is 7.75. The van der Waals surface area contributed by atoms with Crippen molar-refractivity contribution in [2.75, 3.05) is 18.4 Å². The lowest BCUT2D eigenvalue weighted by molar-refractivity contribution is -0.137. The summed E-state index contributed by atoms with van der Waals surface area (Å²) in [5.41, 5.74) is -0.449. The minimum atomic E-state index is -4.44. The first-order valence-corrected chi connectivity index (χ1v) is 10.9. The highest BCUT2D eigenvalue weighted by atomic mass is 32.1. The number of amides is 2. The molecule has 2 amide bonds. The first-order chi connectivity index (χ1) is 15.2. The van der Waals surface area contributed by atoms with E-state index in [0.717, 1.165) is 28.3 Å². The second kappa shape index (κ2) is 8.54. The molecule has 1 aliphatic heterocycles. The standard InChI is InChI=1S/C23H21F4N3OS/c1-15-19(16-5-3-2-4-6-16)29-20(32-15)22(24)11-13-30(14-12-22)21(31)28-18-9-7-17(8-10-18)23(25,26)27/h2-10H,11-14H2,1H3,(H,28,31). The zero-order valence-corrected chi connectivity index (χ0v) is 18.1. The summed E-state index contributed by atoms with van der Waals surface area (Å²) in [6, 6.07) is 13.4. The Balaban J connectivity index is 1.40. The third-order valence-corrected chi connectivity index (χ3v) is 6.68. The van der Waals surface area contributed by atoms with Gasteiger partial charge in [-0.1, -0.05) is 30.3 Å². The zero-order valence-electron chi connectivity index (χ0n) is 17.2. The van der Waals surface area contributed by atoms with Crippen LogP contribution in [0, 0.1) is 6.92 Å². The van der Waals surface area contributed by atoms with E-state index in [0.29, 0.717) is 5.01 Å². The number of hydrogen-bond donors (Lipinski definition) is 1. The number of rotatable bonds is 3. The molecule has 168 valence electrons. The van der Waals surface area contributed by atoms with Crippen LogP contribution in [0.25, 0.3) is 11.3 Å². The van der Waals surface area contributed by atoms with Crippen molar-refractivity contribution in [2.24, 2.45) is 0 Å². The fraction of sp³-hybridized carbons (Fsp3) is 0.304. The Kier molecular flexibility index (Phi) is 5.94. The smallest absolute Gasteiger partial charge is 0.324 e. The van der Waals surface area contributed by atoms with Crippen molar-refractivity contribution >= 4 is 23.1 Å². The molecule has 0 atom stereocenters. The van der Waals surface area contributed by atoms with Gasteiger partial charge in [-0.05, 0) is 31.2 Å². The molecule has 9 heteroatoms. The summed E-state index contributed by atoms with van der Waals surface area (Å²) in [5.74, 6) is 0. The topological polar surface area (TPSA) is 45.2 Å². The van der Waals surface area contributed by atoms with Crippen LogP contribution in [-0.2, 0) is 11.8 Å². The van der Waals surface area contributed by atoms with Crippen LogP contribution in [0.1, 0.15) is 28.3 Å². The first-order valence-electron chi connectivity index (χ1n) is 10.1. The lowest BCUT2D eigenvalue weighted by Crippen LogP contribution is -2.45. The molecular weight excluding hydrogens is 442 g/mol. The van der Waals surface area contributed by atoms with Crippen LogP contribution in [0.2, 0.25) is 0 Å². The van der Waals surface area contributed by atoms with Crippen molar-refractivity contribution in [1.82, 2.24) is 9.88 Å². The van der Waals surface area contributed by atoms with Crippen LogP contribution in [0.5, 0.6) is 0 Å². The van der Waals surface area contributed by atoms with Crippen molar-refractivity contribution in [3.8, 4) is 11.3 Å². The third-order valence-electron chi connectivity index (χ3n) is 5.53. The van der Waals surface area contributed by atoms with Crippen LogP contribution >= 0.6 is 11.3 Å². The van der Waals surface area contributed by atoms with Gasteiger partial charge in [-0.15, -0.1) is 11.3 Å². The van der Waals surface area contributed by atoms with E-state index in [1.807, 2.05) is 37.3 Å². The predicted molar refractivity (Wildman–Crippen MR) is 116 cm³/mol. The van der Waals surface area contributed by atoms with Crippen LogP contribution in [0.3, 0.4) is 0 Å². The van der Waals surface area contributed by atoms with Gasteiger partial charge in [0.15, 0.2) is 5.67 Å². The number of halogens is 4. The number of piperidine rings is 1. The molecule has 1 saturated heterocycles. The Morgan fingerprint density at radius 2 is 1.69 bits per heavy atom. The van der Waals surface area contributed by atoms with Crippen LogP contribution in [0.15, 0.2) is 54.6 Å². The maximum atomic E-state index is 15.7. The van der Waals surface area contributed by atoms with Gasteiger partial charge in [0.05, 0.1) is 11.3 Å². The summed E-state index contributed by atoms with van der Waals surface area (Å²) in [5, 5.41) is 2.99. The van der Waals surface area contributed by atoms with E-state index >= 15 is 4.39 Å². The summed E-state index contributed by atoms with van der Waals surface area (Å²) >= 11 is 1.33. The highest BCUT2D eigenvalue weighted by molar-refractivity contribution is 7.12. The van der Waals surface area contributed by atoms with Crippen molar-refractivity contribution < 1.29 is 22.4 Å². The fourth-order valence-corrected chi connectivity index (χ4v) is 4.75. The van der Waals surface area contributed by atoms with Gasteiger partial charge in [0.1, 0.15) is 5.01 Å². The van der Waals surface area contributed by atoms with Gasteiger partial charge < -0.3 is 10.2 Å². The fourth-order valence-electron chi connectivity index (χ4n) is 3.68. The molecule has 0 bridgehead atoms. The molecule has 0 unspecified atom stereocenters. The predicted octanol–water partition coefficient (Wildman–Crippen LogP) is 6.63. The van der Waals surface area contributed by atoms with E-state index in [2.05, 4.69) is 10.3 Å². The zero-order chi connectivity index (χ0) is 22.9. The number of benzene rings is 2. The second-order valence-corrected chi connectivity index (χ2v) is 8.95. The average Bonchev–Trinajstić information content (AvgIpc) is 3.17. The average molecular weight is 464 g/mol. The van der Waals surface area contributed by atoms with Crippen LogP contribution in [0.4, 0.5) is 28.0 Å². The number of carbonyl (C=O) groups is 1. The Hall–Kier alpha value is -2.94. The van der Waals surface area contributed by atoms with Gasteiger partial charge in [0.2, 0.25) is 0 Å². The number of thiazole rings is 1. The molecule has 3 aromatic rings. The number of aryl methyl sites for hydroxylation is 1. The Labute approximate surface area is 186 Å². The highest BCUT2D eigenvalue weighted by Crippen LogP contribution is 2.41. The number of likely N-dealkylation sites (tertiary alicyclic amines) is 1. The molecule has 1 aromatic heterocycles. The highest BCUT2D eigenvalue weighted by Gasteiger charge is 2.40. The van der Waals surface area contributed by atoms with Crippen molar-refractivity contribution in [3.63, 3.8) is 0 Å². The molecule has 4 nitrogen and oxygen atoms in total. The number of aromatic nitrogens is 1. The summed E-state index contributed by atoms with van der Waals surface area (Å²) in [6.45, 7) is 2.28. The number of nitrogens with one attached hydrogen (secondary N) is 1. The monoisotopic (exact) mass is 463 g/mol. The van der Waals surface area contributed by atoms with Gasteiger partial charge in [0, 0.05) is 42.1 Å². The van der Waals surface area contributed by atoms with Gasteiger partial charge in [-0.25, -0.2) is 14.2 Å². The van der Waals surface area contributed by atoms with E-state index in [9.17, 15) is 18.0 Å². The normalized spacial score (nSPS) is 16.1. The molecule has 4 rings (SSSR count). The summed E-state index contributed by atoms with van der Waals surface area (Å²) in [6.07, 6.45) is -4.22. The van der Waals surface area contributed by atoms with Crippen molar-refractivity contribution in [3.05, 3.63) is 70.0 Å². The largest absolute Gasteiger partial charge is 0.416 e. The van der Waals surface area contributed by atoms with E-state index in [1.165, 1.54) is 28.4 Å². The minimum absolute atomic E-state index is 0.106. The Morgan fingerprint density at radius 1 is 1.06 bits per heavy atom. The Bertz CT molecular complexity index is 1090. The Morgan fingerprint density at radius 3 is 2.28 bits per heavy atom. The molecular formula is C23H21F4N3OS. The summed E-state index contributed by atoms with van der Waals surface area (Å²) < 4.78 is 53.7. The van der Waals surface area contributed by atoms with E-state index < -0.39 is 23.4 Å².